The largest absolute Gasteiger partial charge is 0.496 e. The van der Waals surface area contributed by atoms with E-state index in [1.807, 2.05) is 0 Å². The number of halogens is 4. The minimum absolute atomic E-state index is 0.0478. The molecule has 0 saturated carbocycles. The van der Waals surface area contributed by atoms with Gasteiger partial charge in [0.15, 0.2) is 5.78 Å². The minimum Gasteiger partial charge on any atom is -0.496 e. The third kappa shape index (κ3) is 3.83. The first kappa shape index (κ1) is 19.4. The predicted molar refractivity (Wildman–Crippen MR) is 93.0 cm³/mol. The van der Waals surface area contributed by atoms with E-state index in [0.717, 1.165) is 6.07 Å². The summed E-state index contributed by atoms with van der Waals surface area (Å²) in [5.74, 6) is 0.219. The molecule has 2 aromatic carbocycles. The number of hydrogen-bond acceptors (Lipinski definition) is 4. The van der Waals surface area contributed by atoms with Crippen LogP contribution >= 0.6 is 11.6 Å². The molecule has 144 valence electrons. The zero-order valence-electron chi connectivity index (χ0n) is 14.5. The summed E-state index contributed by atoms with van der Waals surface area (Å²) in [6.45, 7) is 0.0478. The highest BCUT2D eigenvalue weighted by molar-refractivity contribution is 6.31. The number of ketones is 1. The molecule has 0 amide bonds. The van der Waals surface area contributed by atoms with Crippen molar-refractivity contribution >= 4 is 17.4 Å². The lowest BCUT2D eigenvalue weighted by atomic mass is 9.88. The average Bonchev–Trinajstić information content (AvgIpc) is 2.63. The quantitative estimate of drug-likeness (QED) is 0.738. The van der Waals surface area contributed by atoms with E-state index in [0.29, 0.717) is 22.8 Å². The fourth-order valence-electron chi connectivity index (χ4n) is 3.02. The monoisotopic (exact) mass is 400 g/mol. The van der Waals surface area contributed by atoms with Crippen LogP contribution in [0.2, 0.25) is 5.02 Å². The van der Waals surface area contributed by atoms with Crippen LogP contribution in [0.3, 0.4) is 0 Å². The molecule has 0 bridgehead atoms. The Hall–Kier alpha value is -2.41. The standard InChI is InChI=1S/C19H16ClF3O4/c1-25-12-7-15(26-2)17-16(8-12)27-9-11(18(17)24)5-10-3-4-14(20)13(6-10)19(21,22)23/h3-4,6-8,11H,5,9H2,1-2H3. The van der Waals surface area contributed by atoms with E-state index in [4.69, 9.17) is 25.8 Å². The molecule has 4 nitrogen and oxygen atoms in total. The maximum Gasteiger partial charge on any atom is 0.417 e. The third-order valence-electron chi connectivity index (χ3n) is 4.37. The molecular weight excluding hydrogens is 385 g/mol. The highest BCUT2D eigenvalue weighted by Gasteiger charge is 2.35. The van der Waals surface area contributed by atoms with Crippen molar-refractivity contribution < 1.29 is 32.2 Å². The van der Waals surface area contributed by atoms with Gasteiger partial charge >= 0.3 is 6.18 Å². The van der Waals surface area contributed by atoms with Gasteiger partial charge in [0.2, 0.25) is 0 Å². The Morgan fingerprint density at radius 1 is 1.19 bits per heavy atom. The van der Waals surface area contributed by atoms with Crippen LogP contribution in [0.15, 0.2) is 30.3 Å². The highest BCUT2D eigenvalue weighted by atomic mass is 35.5. The first-order valence-corrected chi connectivity index (χ1v) is 8.41. The minimum atomic E-state index is -4.56. The van der Waals surface area contributed by atoms with E-state index in [-0.39, 0.29) is 29.4 Å². The van der Waals surface area contributed by atoms with Crippen molar-refractivity contribution in [1.82, 2.24) is 0 Å². The van der Waals surface area contributed by atoms with Crippen LogP contribution < -0.4 is 14.2 Å². The van der Waals surface area contributed by atoms with Gasteiger partial charge in [0, 0.05) is 12.1 Å². The number of methoxy groups -OCH3 is 2. The Balaban J connectivity index is 1.90. The summed E-state index contributed by atoms with van der Waals surface area (Å²) >= 11 is 5.65. The highest BCUT2D eigenvalue weighted by Crippen LogP contribution is 2.40. The Bertz CT molecular complexity index is 863. The number of carbonyl (C=O) groups excluding carboxylic acids is 1. The van der Waals surface area contributed by atoms with E-state index in [2.05, 4.69) is 0 Å². The number of ether oxygens (including phenoxy) is 3. The van der Waals surface area contributed by atoms with Gasteiger partial charge in [0.1, 0.15) is 22.8 Å². The normalized spacial score (nSPS) is 16.5. The first-order chi connectivity index (χ1) is 12.7. The molecule has 0 N–H and O–H groups in total. The number of Topliss-reactive ketones (excluding diaryl/α,β-unsaturated/α-hetero) is 1. The summed E-state index contributed by atoms with van der Waals surface area (Å²) in [7, 11) is 2.90. The van der Waals surface area contributed by atoms with Gasteiger partial charge in [-0.15, -0.1) is 0 Å². The number of fused-ring (bicyclic) bond motifs is 1. The summed E-state index contributed by atoms with van der Waals surface area (Å²) in [5.41, 5.74) is -0.308. The number of hydrogen-bond donors (Lipinski definition) is 0. The fourth-order valence-corrected chi connectivity index (χ4v) is 3.25. The van der Waals surface area contributed by atoms with Crippen LogP contribution in [0, 0.1) is 5.92 Å². The van der Waals surface area contributed by atoms with Crippen molar-refractivity contribution in [2.24, 2.45) is 5.92 Å². The number of alkyl halides is 3. The summed E-state index contributed by atoms with van der Waals surface area (Å²) in [4.78, 5) is 12.9. The van der Waals surface area contributed by atoms with Crippen molar-refractivity contribution in [3.05, 3.63) is 52.0 Å². The van der Waals surface area contributed by atoms with Gasteiger partial charge in [-0.05, 0) is 24.1 Å². The second-order valence-electron chi connectivity index (χ2n) is 6.09. The molecule has 27 heavy (non-hydrogen) atoms. The van der Waals surface area contributed by atoms with Crippen molar-refractivity contribution in [3.63, 3.8) is 0 Å². The van der Waals surface area contributed by atoms with Gasteiger partial charge in [0.25, 0.3) is 0 Å². The maximum absolute atomic E-state index is 13.0. The smallest absolute Gasteiger partial charge is 0.417 e. The molecular formula is C19H16ClF3O4. The molecule has 0 fully saturated rings. The summed E-state index contributed by atoms with van der Waals surface area (Å²) in [5, 5.41) is -0.378. The Morgan fingerprint density at radius 2 is 1.93 bits per heavy atom. The third-order valence-corrected chi connectivity index (χ3v) is 4.70. The Kier molecular flexibility index (Phi) is 5.24. The topological polar surface area (TPSA) is 44.8 Å². The van der Waals surface area contributed by atoms with E-state index in [9.17, 15) is 18.0 Å². The molecule has 1 atom stereocenters. The molecule has 1 unspecified atom stereocenters. The molecule has 1 heterocycles. The molecule has 3 rings (SSSR count). The van der Waals surface area contributed by atoms with E-state index in [1.165, 1.54) is 26.4 Å². The zero-order valence-corrected chi connectivity index (χ0v) is 15.3. The molecule has 1 aliphatic rings. The van der Waals surface area contributed by atoms with Crippen LogP contribution in [0.25, 0.3) is 0 Å². The molecule has 0 radical (unpaired) electrons. The molecule has 2 aromatic rings. The predicted octanol–water partition coefficient (Wildman–Crippen LogP) is 4.81. The molecule has 0 aromatic heterocycles. The summed E-state index contributed by atoms with van der Waals surface area (Å²) in [6.07, 6.45) is -4.47. The van der Waals surface area contributed by atoms with Crippen molar-refractivity contribution in [3.8, 4) is 17.2 Å². The van der Waals surface area contributed by atoms with Crippen molar-refractivity contribution in [2.75, 3.05) is 20.8 Å². The average molecular weight is 401 g/mol. The van der Waals surface area contributed by atoms with Gasteiger partial charge < -0.3 is 14.2 Å². The lowest BCUT2D eigenvalue weighted by Crippen LogP contribution is -2.30. The van der Waals surface area contributed by atoms with Gasteiger partial charge in [0.05, 0.1) is 37.3 Å². The van der Waals surface area contributed by atoms with Gasteiger partial charge in [-0.3, -0.25) is 4.79 Å². The second-order valence-corrected chi connectivity index (χ2v) is 6.50. The van der Waals surface area contributed by atoms with E-state index in [1.54, 1.807) is 12.1 Å². The van der Waals surface area contributed by atoms with Gasteiger partial charge in [-0.2, -0.15) is 13.2 Å². The Labute approximate surface area is 158 Å². The molecule has 0 spiro atoms. The van der Waals surface area contributed by atoms with E-state index < -0.39 is 17.7 Å². The van der Waals surface area contributed by atoms with E-state index >= 15 is 0 Å². The SMILES string of the molecule is COc1cc(OC)c2c(c1)OCC(Cc1ccc(Cl)c(C(F)(F)F)c1)C2=O. The van der Waals surface area contributed by atoms with Crippen LogP contribution in [0.5, 0.6) is 17.2 Å². The lowest BCUT2D eigenvalue weighted by molar-refractivity contribution is -0.137. The second kappa shape index (κ2) is 7.31. The van der Waals surface area contributed by atoms with Gasteiger partial charge in [-0.25, -0.2) is 0 Å². The summed E-state index contributed by atoms with van der Waals surface area (Å²) < 4.78 is 55.2. The zero-order chi connectivity index (χ0) is 19.8. The molecule has 8 heteroatoms. The summed E-state index contributed by atoms with van der Waals surface area (Å²) in [6, 6.07) is 6.78. The number of carbonyl (C=O) groups is 1. The first-order valence-electron chi connectivity index (χ1n) is 8.03. The van der Waals surface area contributed by atoms with Crippen molar-refractivity contribution in [1.29, 1.82) is 0 Å². The van der Waals surface area contributed by atoms with Crippen LogP contribution in [0.1, 0.15) is 21.5 Å². The number of rotatable bonds is 4. The van der Waals surface area contributed by atoms with Crippen LogP contribution in [-0.2, 0) is 12.6 Å². The molecule has 1 aliphatic heterocycles. The molecule has 0 saturated heterocycles. The lowest BCUT2D eigenvalue weighted by Gasteiger charge is -2.26. The van der Waals surface area contributed by atoms with Gasteiger partial charge in [-0.1, -0.05) is 17.7 Å². The van der Waals surface area contributed by atoms with Crippen LogP contribution in [0.4, 0.5) is 13.2 Å². The Morgan fingerprint density at radius 3 is 2.56 bits per heavy atom. The molecule has 0 aliphatic carbocycles. The van der Waals surface area contributed by atoms with Crippen molar-refractivity contribution in [2.45, 2.75) is 12.6 Å². The fraction of sp³-hybridized carbons (Fsp3) is 0.316. The number of benzene rings is 2. The maximum atomic E-state index is 13.0. The van der Waals surface area contributed by atoms with Crippen LogP contribution in [-0.4, -0.2) is 26.6 Å².